The summed E-state index contributed by atoms with van der Waals surface area (Å²) >= 11 is 3.37. The van der Waals surface area contributed by atoms with Gasteiger partial charge in [0.1, 0.15) is 11.9 Å². The van der Waals surface area contributed by atoms with Crippen molar-refractivity contribution >= 4 is 21.6 Å². The molecule has 0 heterocycles. The van der Waals surface area contributed by atoms with Crippen molar-refractivity contribution in [3.05, 3.63) is 63.9 Å². The SMILES string of the molecule is CC(c1ccccc1F)N(C)c1ccc(C#N)c(Br)c1. The largest absolute Gasteiger partial charge is 0.368 e. The van der Waals surface area contributed by atoms with E-state index in [9.17, 15) is 4.39 Å². The Bertz CT molecular complexity index is 664. The van der Waals surface area contributed by atoms with Gasteiger partial charge in [-0.25, -0.2) is 4.39 Å². The minimum Gasteiger partial charge on any atom is -0.368 e. The van der Waals surface area contributed by atoms with E-state index < -0.39 is 0 Å². The Kier molecular flexibility index (Phi) is 4.41. The second-order valence-corrected chi connectivity index (χ2v) is 5.44. The van der Waals surface area contributed by atoms with Crippen molar-refractivity contribution in [3.8, 4) is 6.07 Å². The quantitative estimate of drug-likeness (QED) is 0.817. The van der Waals surface area contributed by atoms with Crippen molar-refractivity contribution in [2.45, 2.75) is 13.0 Å². The summed E-state index contributed by atoms with van der Waals surface area (Å²) in [5.74, 6) is -0.209. The molecule has 20 heavy (non-hydrogen) atoms. The van der Waals surface area contributed by atoms with Crippen LogP contribution in [0.3, 0.4) is 0 Å². The predicted octanol–water partition coefficient (Wildman–Crippen LogP) is 4.66. The van der Waals surface area contributed by atoms with Crippen LogP contribution in [0.15, 0.2) is 46.9 Å². The average Bonchev–Trinajstić information content (AvgIpc) is 2.46. The van der Waals surface area contributed by atoms with Crippen LogP contribution in [0, 0.1) is 17.1 Å². The van der Waals surface area contributed by atoms with Crippen LogP contribution in [0.25, 0.3) is 0 Å². The highest BCUT2D eigenvalue weighted by Gasteiger charge is 2.16. The van der Waals surface area contributed by atoms with Crippen LogP contribution in [-0.4, -0.2) is 7.05 Å². The summed E-state index contributed by atoms with van der Waals surface area (Å²) in [6, 6.07) is 14.3. The Morgan fingerprint density at radius 1 is 1.25 bits per heavy atom. The summed E-state index contributed by atoms with van der Waals surface area (Å²) in [5, 5.41) is 8.93. The first-order chi connectivity index (χ1) is 9.54. The van der Waals surface area contributed by atoms with E-state index in [1.165, 1.54) is 6.07 Å². The van der Waals surface area contributed by atoms with Crippen molar-refractivity contribution in [2.75, 3.05) is 11.9 Å². The first kappa shape index (κ1) is 14.5. The maximum atomic E-state index is 13.8. The Morgan fingerprint density at radius 2 is 1.95 bits per heavy atom. The maximum absolute atomic E-state index is 13.8. The molecule has 2 aromatic rings. The molecule has 2 nitrogen and oxygen atoms in total. The lowest BCUT2D eigenvalue weighted by Gasteiger charge is -2.28. The fraction of sp³-hybridized carbons (Fsp3) is 0.188. The number of anilines is 1. The third-order valence-electron chi connectivity index (χ3n) is 3.42. The Balaban J connectivity index is 2.32. The van der Waals surface area contributed by atoms with E-state index in [0.717, 1.165) is 10.2 Å². The molecular formula is C16H14BrFN2. The van der Waals surface area contributed by atoms with Gasteiger partial charge in [0.15, 0.2) is 0 Å². The summed E-state index contributed by atoms with van der Waals surface area (Å²) in [5.41, 5.74) is 2.16. The van der Waals surface area contributed by atoms with Crippen LogP contribution in [0.2, 0.25) is 0 Å². The van der Waals surface area contributed by atoms with E-state index in [2.05, 4.69) is 22.0 Å². The van der Waals surface area contributed by atoms with Crippen molar-refractivity contribution in [3.63, 3.8) is 0 Å². The van der Waals surface area contributed by atoms with Crippen molar-refractivity contribution < 1.29 is 4.39 Å². The Hall–Kier alpha value is -1.86. The number of hydrogen-bond acceptors (Lipinski definition) is 2. The molecule has 102 valence electrons. The second kappa shape index (κ2) is 6.06. The molecule has 0 aliphatic carbocycles. The normalized spacial score (nSPS) is 11.8. The molecule has 4 heteroatoms. The Labute approximate surface area is 126 Å². The van der Waals surface area contributed by atoms with Crippen molar-refractivity contribution in [1.29, 1.82) is 5.26 Å². The lowest BCUT2D eigenvalue weighted by atomic mass is 10.1. The number of rotatable bonds is 3. The zero-order valence-corrected chi connectivity index (χ0v) is 12.9. The van der Waals surface area contributed by atoms with Gasteiger partial charge in [0, 0.05) is 22.8 Å². The molecule has 0 bridgehead atoms. The van der Waals surface area contributed by atoms with Gasteiger partial charge in [0.05, 0.1) is 11.6 Å². The van der Waals surface area contributed by atoms with E-state index in [4.69, 9.17) is 5.26 Å². The van der Waals surface area contributed by atoms with E-state index >= 15 is 0 Å². The van der Waals surface area contributed by atoms with Gasteiger partial charge in [-0.05, 0) is 47.1 Å². The summed E-state index contributed by atoms with van der Waals surface area (Å²) in [7, 11) is 1.91. The highest BCUT2D eigenvalue weighted by Crippen LogP contribution is 2.29. The third kappa shape index (κ3) is 2.83. The summed E-state index contributed by atoms with van der Waals surface area (Å²) in [4.78, 5) is 1.98. The van der Waals surface area contributed by atoms with E-state index in [1.807, 2.05) is 37.1 Å². The van der Waals surface area contributed by atoms with Gasteiger partial charge in [-0.15, -0.1) is 0 Å². The summed E-state index contributed by atoms with van der Waals surface area (Å²) in [6.45, 7) is 1.95. The fourth-order valence-electron chi connectivity index (χ4n) is 2.06. The number of hydrogen-bond donors (Lipinski definition) is 0. The van der Waals surface area contributed by atoms with Crippen LogP contribution in [0.4, 0.5) is 10.1 Å². The number of halogens is 2. The molecule has 1 unspecified atom stereocenters. The zero-order valence-electron chi connectivity index (χ0n) is 11.3. The van der Waals surface area contributed by atoms with Gasteiger partial charge in [0.2, 0.25) is 0 Å². The molecule has 0 fully saturated rings. The Morgan fingerprint density at radius 3 is 2.55 bits per heavy atom. The van der Waals surface area contributed by atoms with Crippen LogP contribution >= 0.6 is 15.9 Å². The van der Waals surface area contributed by atoms with Crippen LogP contribution in [0.5, 0.6) is 0 Å². The summed E-state index contributed by atoms with van der Waals surface area (Å²) in [6.07, 6.45) is 0. The fourth-order valence-corrected chi connectivity index (χ4v) is 2.52. The van der Waals surface area contributed by atoms with Gasteiger partial charge in [-0.1, -0.05) is 18.2 Å². The van der Waals surface area contributed by atoms with Crippen LogP contribution in [0.1, 0.15) is 24.1 Å². The zero-order chi connectivity index (χ0) is 14.7. The molecule has 0 aliphatic rings. The molecule has 0 amide bonds. The monoisotopic (exact) mass is 332 g/mol. The molecule has 2 aromatic carbocycles. The van der Waals surface area contributed by atoms with Gasteiger partial charge in [0.25, 0.3) is 0 Å². The number of benzene rings is 2. The van der Waals surface area contributed by atoms with Gasteiger partial charge < -0.3 is 4.90 Å². The molecular weight excluding hydrogens is 319 g/mol. The van der Waals surface area contributed by atoms with E-state index in [-0.39, 0.29) is 11.9 Å². The molecule has 1 atom stereocenters. The minimum atomic E-state index is -0.209. The molecule has 2 rings (SSSR count). The molecule has 0 spiro atoms. The maximum Gasteiger partial charge on any atom is 0.128 e. The summed E-state index contributed by atoms with van der Waals surface area (Å²) < 4.78 is 14.6. The molecule has 0 aromatic heterocycles. The average molecular weight is 333 g/mol. The number of nitrogens with zero attached hydrogens (tertiary/aromatic N) is 2. The van der Waals surface area contributed by atoms with Gasteiger partial charge in [-0.2, -0.15) is 5.26 Å². The second-order valence-electron chi connectivity index (χ2n) is 4.58. The minimum absolute atomic E-state index is 0.101. The third-order valence-corrected chi connectivity index (χ3v) is 4.07. The lowest BCUT2D eigenvalue weighted by Crippen LogP contribution is -2.22. The van der Waals surface area contributed by atoms with Crippen molar-refractivity contribution in [2.24, 2.45) is 0 Å². The smallest absolute Gasteiger partial charge is 0.128 e. The highest BCUT2D eigenvalue weighted by molar-refractivity contribution is 9.10. The molecule has 0 saturated carbocycles. The lowest BCUT2D eigenvalue weighted by molar-refractivity contribution is 0.585. The van der Waals surface area contributed by atoms with E-state index in [0.29, 0.717) is 11.1 Å². The van der Waals surface area contributed by atoms with Gasteiger partial charge in [-0.3, -0.25) is 0 Å². The predicted molar refractivity (Wildman–Crippen MR) is 82.1 cm³/mol. The molecule has 0 saturated heterocycles. The molecule has 0 aliphatic heterocycles. The number of nitriles is 1. The van der Waals surface area contributed by atoms with Gasteiger partial charge >= 0.3 is 0 Å². The first-order valence-electron chi connectivity index (χ1n) is 6.21. The topological polar surface area (TPSA) is 27.0 Å². The standard InChI is InChI=1S/C16H14BrFN2/c1-11(14-5-3-4-6-16(14)18)20(2)13-8-7-12(10-19)15(17)9-13/h3-9,11H,1-2H3. The van der Waals surface area contributed by atoms with E-state index in [1.54, 1.807) is 18.2 Å². The molecule has 0 radical (unpaired) electrons. The van der Waals surface area contributed by atoms with Crippen LogP contribution in [-0.2, 0) is 0 Å². The first-order valence-corrected chi connectivity index (χ1v) is 7.00. The highest BCUT2D eigenvalue weighted by atomic mass is 79.9. The molecule has 0 N–H and O–H groups in total. The van der Waals surface area contributed by atoms with Crippen LogP contribution < -0.4 is 4.90 Å². The van der Waals surface area contributed by atoms with Crippen molar-refractivity contribution in [1.82, 2.24) is 0 Å².